The molecule has 0 aromatic heterocycles. The van der Waals surface area contributed by atoms with Crippen molar-refractivity contribution in [1.29, 1.82) is 0 Å². The van der Waals surface area contributed by atoms with Crippen LogP contribution in [0.2, 0.25) is 0 Å². The number of nitrogens with zero attached hydrogens (tertiary/aromatic N) is 2. The average Bonchev–Trinajstić information content (AvgIpc) is 2.70. The smallest absolute Gasteiger partial charge is 0.0735 e. The van der Waals surface area contributed by atoms with Crippen molar-refractivity contribution in [3.05, 3.63) is 29.3 Å². The topological polar surface area (TPSA) is 38.7 Å². The maximum Gasteiger partial charge on any atom is 0.0735 e. The van der Waals surface area contributed by atoms with E-state index in [1.165, 1.54) is 16.8 Å². The summed E-state index contributed by atoms with van der Waals surface area (Å²) in [6, 6.07) is 6.98. The van der Waals surface area contributed by atoms with Gasteiger partial charge in [0.2, 0.25) is 0 Å². The number of hydrogen-bond acceptors (Lipinski definition) is 4. The van der Waals surface area contributed by atoms with Crippen LogP contribution in [0.5, 0.6) is 0 Å². The van der Waals surface area contributed by atoms with E-state index in [-0.39, 0.29) is 6.10 Å². The van der Waals surface area contributed by atoms with Crippen LogP contribution in [-0.2, 0) is 6.54 Å². The summed E-state index contributed by atoms with van der Waals surface area (Å²) >= 11 is 0. The largest absolute Gasteiger partial charge is 0.391 e. The van der Waals surface area contributed by atoms with Crippen molar-refractivity contribution < 1.29 is 5.11 Å². The van der Waals surface area contributed by atoms with Crippen molar-refractivity contribution in [2.75, 3.05) is 39.1 Å². The second-order valence-corrected chi connectivity index (χ2v) is 6.12. The summed E-state index contributed by atoms with van der Waals surface area (Å²) in [7, 11) is 6.15. The van der Waals surface area contributed by atoms with Crippen molar-refractivity contribution in [2.45, 2.75) is 32.0 Å². The number of likely N-dealkylation sites (N-methyl/N-ethyl adjacent to an activating group) is 1. The molecule has 1 heterocycles. The van der Waals surface area contributed by atoms with Gasteiger partial charge in [-0.05, 0) is 46.1 Å². The quantitative estimate of drug-likeness (QED) is 0.849. The Morgan fingerprint density at radius 1 is 1.40 bits per heavy atom. The number of aliphatic hydroxyl groups is 1. The lowest BCUT2D eigenvalue weighted by molar-refractivity contribution is 0.191. The number of rotatable bonds is 5. The molecule has 0 bridgehead atoms. The van der Waals surface area contributed by atoms with Gasteiger partial charge in [-0.1, -0.05) is 17.7 Å². The first-order valence-corrected chi connectivity index (χ1v) is 7.35. The molecule has 0 aliphatic carbocycles. The molecule has 1 saturated heterocycles. The summed E-state index contributed by atoms with van der Waals surface area (Å²) < 4.78 is 0. The minimum Gasteiger partial charge on any atom is -0.391 e. The zero-order valence-corrected chi connectivity index (χ0v) is 13.1. The predicted octanol–water partition coefficient (Wildman–Crippen LogP) is 1.22. The lowest BCUT2D eigenvalue weighted by Crippen LogP contribution is -2.38. The summed E-state index contributed by atoms with van der Waals surface area (Å²) in [5.74, 6) is 0. The van der Waals surface area contributed by atoms with E-state index >= 15 is 0 Å². The lowest BCUT2D eigenvalue weighted by Gasteiger charge is -2.30. The maximum atomic E-state index is 10.0. The Labute approximate surface area is 122 Å². The van der Waals surface area contributed by atoms with Crippen molar-refractivity contribution in [1.82, 2.24) is 10.2 Å². The first-order valence-electron chi connectivity index (χ1n) is 7.35. The van der Waals surface area contributed by atoms with Crippen LogP contribution < -0.4 is 10.2 Å². The zero-order chi connectivity index (χ0) is 14.7. The van der Waals surface area contributed by atoms with E-state index in [1.807, 2.05) is 7.05 Å². The van der Waals surface area contributed by atoms with E-state index < -0.39 is 0 Å². The fourth-order valence-corrected chi connectivity index (χ4v) is 3.11. The van der Waals surface area contributed by atoms with Crippen molar-refractivity contribution >= 4 is 5.69 Å². The fraction of sp³-hybridized carbons (Fsp3) is 0.625. The molecule has 4 heteroatoms. The third-order valence-electron chi connectivity index (χ3n) is 3.88. The van der Waals surface area contributed by atoms with Crippen LogP contribution in [0.1, 0.15) is 17.5 Å². The van der Waals surface area contributed by atoms with E-state index in [4.69, 9.17) is 0 Å². The molecule has 1 fully saturated rings. The molecule has 2 rings (SSSR count). The Morgan fingerprint density at radius 2 is 2.15 bits per heavy atom. The number of benzene rings is 1. The third kappa shape index (κ3) is 3.51. The van der Waals surface area contributed by atoms with E-state index in [9.17, 15) is 5.11 Å². The predicted molar refractivity (Wildman–Crippen MR) is 84.3 cm³/mol. The van der Waals surface area contributed by atoms with Crippen LogP contribution in [0, 0.1) is 6.92 Å². The highest BCUT2D eigenvalue weighted by Gasteiger charge is 2.32. The molecule has 0 amide bonds. The summed E-state index contributed by atoms with van der Waals surface area (Å²) in [6.07, 6.45) is 0.633. The molecule has 0 spiro atoms. The highest BCUT2D eigenvalue weighted by atomic mass is 16.3. The fourth-order valence-electron chi connectivity index (χ4n) is 3.11. The second-order valence-electron chi connectivity index (χ2n) is 6.12. The lowest BCUT2D eigenvalue weighted by atomic mass is 10.1. The van der Waals surface area contributed by atoms with Crippen LogP contribution >= 0.6 is 0 Å². The first kappa shape index (κ1) is 15.3. The molecule has 1 aliphatic rings. The Morgan fingerprint density at radius 3 is 2.80 bits per heavy atom. The van der Waals surface area contributed by atoms with Gasteiger partial charge in [-0.2, -0.15) is 0 Å². The molecule has 0 radical (unpaired) electrons. The van der Waals surface area contributed by atoms with Crippen LogP contribution in [-0.4, -0.2) is 56.4 Å². The van der Waals surface area contributed by atoms with Gasteiger partial charge in [0.1, 0.15) is 0 Å². The second kappa shape index (κ2) is 6.57. The summed E-state index contributed by atoms with van der Waals surface area (Å²) in [4.78, 5) is 4.57. The number of hydrogen-bond donors (Lipinski definition) is 2. The third-order valence-corrected chi connectivity index (χ3v) is 3.88. The van der Waals surface area contributed by atoms with Gasteiger partial charge in [0.05, 0.1) is 6.10 Å². The number of anilines is 1. The van der Waals surface area contributed by atoms with Crippen molar-refractivity contribution in [2.24, 2.45) is 0 Å². The Kier molecular flexibility index (Phi) is 5.02. The molecule has 4 nitrogen and oxygen atoms in total. The minimum atomic E-state index is -0.219. The van der Waals surface area contributed by atoms with E-state index in [2.05, 4.69) is 54.3 Å². The van der Waals surface area contributed by atoms with Gasteiger partial charge in [0.25, 0.3) is 0 Å². The molecule has 2 atom stereocenters. The van der Waals surface area contributed by atoms with E-state index in [1.54, 1.807) is 0 Å². The number of aliphatic hydroxyl groups excluding tert-OH is 1. The van der Waals surface area contributed by atoms with Gasteiger partial charge in [-0.15, -0.1) is 0 Å². The Balaban J connectivity index is 2.28. The van der Waals surface area contributed by atoms with E-state index in [0.29, 0.717) is 6.04 Å². The van der Waals surface area contributed by atoms with Gasteiger partial charge in [-0.25, -0.2) is 0 Å². The monoisotopic (exact) mass is 277 g/mol. The van der Waals surface area contributed by atoms with Gasteiger partial charge in [0.15, 0.2) is 0 Å². The molecule has 20 heavy (non-hydrogen) atoms. The summed E-state index contributed by atoms with van der Waals surface area (Å²) in [5, 5.41) is 13.3. The molecule has 1 aromatic carbocycles. The minimum absolute atomic E-state index is 0.219. The molecule has 2 unspecified atom stereocenters. The summed E-state index contributed by atoms with van der Waals surface area (Å²) in [5.41, 5.74) is 3.85. The SMILES string of the molecule is CNCc1cc(C)ccc1N1CC(O)CC1CN(C)C. The van der Waals surface area contributed by atoms with Gasteiger partial charge in [-0.3, -0.25) is 0 Å². The Bertz CT molecular complexity index is 447. The molecule has 0 saturated carbocycles. The summed E-state index contributed by atoms with van der Waals surface area (Å²) in [6.45, 7) is 4.69. The van der Waals surface area contributed by atoms with E-state index in [0.717, 1.165) is 26.1 Å². The molecule has 1 aromatic rings. The van der Waals surface area contributed by atoms with Crippen molar-refractivity contribution in [3.63, 3.8) is 0 Å². The van der Waals surface area contributed by atoms with Crippen molar-refractivity contribution in [3.8, 4) is 0 Å². The number of nitrogens with one attached hydrogen (secondary N) is 1. The standard InChI is InChI=1S/C16H27N3O/c1-12-5-6-16(13(7-12)9-17-2)19-11-15(20)8-14(19)10-18(3)4/h5-7,14-15,17,20H,8-11H2,1-4H3. The average molecular weight is 277 g/mol. The molecule has 112 valence electrons. The number of aryl methyl sites for hydroxylation is 1. The molecular weight excluding hydrogens is 250 g/mol. The van der Waals surface area contributed by atoms with Crippen LogP contribution in [0.3, 0.4) is 0 Å². The Hall–Kier alpha value is -1.10. The molecule has 1 aliphatic heterocycles. The first-order chi connectivity index (χ1) is 9.51. The zero-order valence-electron chi connectivity index (χ0n) is 13.1. The highest BCUT2D eigenvalue weighted by molar-refractivity contribution is 5.57. The van der Waals surface area contributed by atoms with Gasteiger partial charge >= 0.3 is 0 Å². The molecular formula is C16H27N3O. The normalized spacial score (nSPS) is 22.8. The van der Waals surface area contributed by atoms with Crippen LogP contribution in [0.15, 0.2) is 18.2 Å². The highest BCUT2D eigenvalue weighted by Crippen LogP contribution is 2.30. The van der Waals surface area contributed by atoms with Gasteiger partial charge in [0, 0.05) is 31.4 Å². The van der Waals surface area contributed by atoms with Crippen LogP contribution in [0.25, 0.3) is 0 Å². The van der Waals surface area contributed by atoms with Gasteiger partial charge < -0.3 is 20.2 Å². The molecule has 2 N–H and O–H groups in total. The maximum absolute atomic E-state index is 10.0. The van der Waals surface area contributed by atoms with Crippen LogP contribution in [0.4, 0.5) is 5.69 Å². The number of β-amino-alcohol motifs (C(OH)–C–C–N with tert-alkyl or cyclic N) is 1.